The molecule has 0 amide bonds. The van der Waals surface area contributed by atoms with E-state index < -0.39 is 0 Å². The number of nitrogens with zero attached hydrogens (tertiary/aromatic N) is 1. The van der Waals surface area contributed by atoms with Gasteiger partial charge in [0, 0.05) is 18.0 Å². The van der Waals surface area contributed by atoms with Gasteiger partial charge in [0.05, 0.1) is 10.7 Å². The first kappa shape index (κ1) is 11.9. The number of nitrogens with one attached hydrogen (secondary N) is 1. The van der Waals surface area contributed by atoms with Gasteiger partial charge in [-0.2, -0.15) is 0 Å². The summed E-state index contributed by atoms with van der Waals surface area (Å²) in [5, 5.41) is 7.04. The van der Waals surface area contributed by atoms with Crippen LogP contribution in [0, 0.1) is 0 Å². The summed E-state index contributed by atoms with van der Waals surface area (Å²) >= 11 is 1.77. The Kier molecular flexibility index (Phi) is 3.43. The third-order valence-electron chi connectivity index (χ3n) is 3.56. The van der Waals surface area contributed by atoms with Crippen molar-refractivity contribution in [2.45, 2.75) is 38.8 Å². The summed E-state index contributed by atoms with van der Waals surface area (Å²) in [7, 11) is 0. The van der Waals surface area contributed by atoms with Gasteiger partial charge in [-0.3, -0.25) is 0 Å². The Balaban J connectivity index is 1.65. The van der Waals surface area contributed by atoms with Crippen molar-refractivity contribution >= 4 is 11.3 Å². The number of benzene rings is 1. The van der Waals surface area contributed by atoms with Crippen LogP contribution in [0.4, 0.5) is 0 Å². The highest BCUT2D eigenvalue weighted by atomic mass is 32.1. The van der Waals surface area contributed by atoms with E-state index in [-0.39, 0.29) is 0 Å². The lowest BCUT2D eigenvalue weighted by atomic mass is 10.1. The highest BCUT2D eigenvalue weighted by molar-refractivity contribution is 7.09. The number of hydrogen-bond donors (Lipinski definition) is 1. The molecule has 3 rings (SSSR count). The van der Waals surface area contributed by atoms with Crippen molar-refractivity contribution in [2.24, 2.45) is 0 Å². The predicted octanol–water partition coefficient (Wildman–Crippen LogP) is 3.48. The zero-order valence-corrected chi connectivity index (χ0v) is 11.5. The molecule has 1 unspecified atom stereocenters. The smallest absolute Gasteiger partial charge is 0.0926 e. The first-order valence-corrected chi connectivity index (χ1v) is 7.49. The van der Waals surface area contributed by atoms with Crippen LogP contribution in [0.5, 0.6) is 0 Å². The van der Waals surface area contributed by atoms with Gasteiger partial charge >= 0.3 is 0 Å². The molecule has 94 valence electrons. The lowest BCUT2D eigenvalue weighted by Gasteiger charge is -2.12. The van der Waals surface area contributed by atoms with Crippen LogP contribution >= 0.6 is 11.3 Å². The van der Waals surface area contributed by atoms with Crippen molar-refractivity contribution in [3.05, 3.63) is 51.5 Å². The van der Waals surface area contributed by atoms with Crippen molar-refractivity contribution in [2.75, 3.05) is 0 Å². The molecule has 0 saturated heterocycles. The van der Waals surface area contributed by atoms with Crippen molar-refractivity contribution in [3.8, 4) is 0 Å². The van der Waals surface area contributed by atoms with Crippen LogP contribution in [0.2, 0.25) is 0 Å². The summed E-state index contributed by atoms with van der Waals surface area (Å²) in [5.41, 5.74) is 4.16. The zero-order chi connectivity index (χ0) is 12.4. The van der Waals surface area contributed by atoms with Crippen molar-refractivity contribution < 1.29 is 0 Å². The van der Waals surface area contributed by atoms with E-state index in [1.54, 1.807) is 11.3 Å². The molecule has 1 atom stereocenters. The first-order chi connectivity index (χ1) is 8.86. The third-order valence-corrected chi connectivity index (χ3v) is 4.61. The summed E-state index contributed by atoms with van der Waals surface area (Å²) in [6.45, 7) is 3.04. The van der Waals surface area contributed by atoms with Gasteiger partial charge in [-0.15, -0.1) is 11.3 Å². The minimum absolute atomic E-state index is 0.507. The molecule has 2 aromatic rings. The third kappa shape index (κ3) is 2.33. The molecule has 1 aromatic carbocycles. The average molecular weight is 258 g/mol. The quantitative estimate of drug-likeness (QED) is 0.908. The summed E-state index contributed by atoms with van der Waals surface area (Å²) in [5.74, 6) is 0. The highest BCUT2D eigenvalue weighted by Gasteiger charge is 2.21. The monoisotopic (exact) mass is 258 g/mol. The number of thiazole rings is 1. The second-order valence-corrected chi connectivity index (χ2v) is 5.70. The standard InChI is InChI=1S/C15H18N2S/c1-2-15-17-12(10-18-15)9-16-14-8-7-11-5-3-4-6-13(11)14/h3-6,10,14,16H,2,7-9H2,1H3. The number of aryl methyl sites for hydroxylation is 2. The van der Waals surface area contributed by atoms with E-state index in [1.807, 2.05) is 0 Å². The molecule has 1 aliphatic rings. The number of hydrogen-bond acceptors (Lipinski definition) is 3. The van der Waals surface area contributed by atoms with Crippen LogP contribution < -0.4 is 5.32 Å². The van der Waals surface area contributed by atoms with Gasteiger partial charge in [0.25, 0.3) is 0 Å². The minimum atomic E-state index is 0.507. The summed E-state index contributed by atoms with van der Waals surface area (Å²) in [4.78, 5) is 4.60. The molecule has 18 heavy (non-hydrogen) atoms. The van der Waals surface area contributed by atoms with E-state index in [9.17, 15) is 0 Å². The van der Waals surface area contributed by atoms with Gasteiger partial charge in [-0.05, 0) is 30.4 Å². The Morgan fingerprint density at radius 3 is 3.11 bits per heavy atom. The molecular weight excluding hydrogens is 240 g/mol. The average Bonchev–Trinajstić information content (AvgIpc) is 3.03. The van der Waals surface area contributed by atoms with Crippen LogP contribution in [-0.2, 0) is 19.4 Å². The highest BCUT2D eigenvalue weighted by Crippen LogP contribution is 2.30. The van der Waals surface area contributed by atoms with Gasteiger partial charge in [0.2, 0.25) is 0 Å². The molecule has 0 spiro atoms. The Morgan fingerprint density at radius 2 is 2.28 bits per heavy atom. The van der Waals surface area contributed by atoms with E-state index in [1.165, 1.54) is 34.7 Å². The number of aromatic nitrogens is 1. The van der Waals surface area contributed by atoms with Crippen molar-refractivity contribution in [1.29, 1.82) is 0 Å². The predicted molar refractivity (Wildman–Crippen MR) is 75.8 cm³/mol. The second-order valence-electron chi connectivity index (χ2n) is 4.76. The Labute approximate surface area is 112 Å². The molecular formula is C15H18N2S. The summed E-state index contributed by atoms with van der Waals surface area (Å²) in [6.07, 6.45) is 3.45. The topological polar surface area (TPSA) is 24.9 Å². The maximum absolute atomic E-state index is 4.60. The fourth-order valence-corrected chi connectivity index (χ4v) is 3.33. The molecule has 1 heterocycles. The van der Waals surface area contributed by atoms with Crippen LogP contribution in [-0.4, -0.2) is 4.98 Å². The summed E-state index contributed by atoms with van der Waals surface area (Å²) in [6, 6.07) is 9.27. The van der Waals surface area contributed by atoms with Gasteiger partial charge in [0.1, 0.15) is 0 Å². The van der Waals surface area contributed by atoms with E-state index in [4.69, 9.17) is 0 Å². The Bertz CT molecular complexity index is 533. The van der Waals surface area contributed by atoms with Gasteiger partial charge < -0.3 is 5.32 Å². The molecule has 1 aliphatic carbocycles. The van der Waals surface area contributed by atoms with Crippen molar-refractivity contribution in [3.63, 3.8) is 0 Å². The van der Waals surface area contributed by atoms with E-state index in [0.29, 0.717) is 6.04 Å². The molecule has 0 fully saturated rings. The molecule has 0 saturated carbocycles. The van der Waals surface area contributed by atoms with Crippen LogP contribution in [0.1, 0.15) is 41.2 Å². The molecule has 1 aromatic heterocycles. The largest absolute Gasteiger partial charge is 0.304 e. The van der Waals surface area contributed by atoms with Crippen LogP contribution in [0.25, 0.3) is 0 Å². The number of fused-ring (bicyclic) bond motifs is 1. The van der Waals surface area contributed by atoms with Crippen LogP contribution in [0.15, 0.2) is 29.6 Å². The van der Waals surface area contributed by atoms with Crippen molar-refractivity contribution in [1.82, 2.24) is 10.3 Å². The fraction of sp³-hybridized carbons (Fsp3) is 0.400. The maximum atomic E-state index is 4.60. The Hall–Kier alpha value is -1.19. The maximum Gasteiger partial charge on any atom is 0.0926 e. The van der Waals surface area contributed by atoms with Gasteiger partial charge in [0.15, 0.2) is 0 Å². The summed E-state index contributed by atoms with van der Waals surface area (Å²) < 4.78 is 0. The molecule has 0 radical (unpaired) electrons. The molecule has 2 nitrogen and oxygen atoms in total. The van der Waals surface area contributed by atoms with Gasteiger partial charge in [-0.1, -0.05) is 31.2 Å². The zero-order valence-electron chi connectivity index (χ0n) is 10.6. The van der Waals surface area contributed by atoms with E-state index in [0.717, 1.165) is 13.0 Å². The first-order valence-electron chi connectivity index (χ1n) is 6.61. The van der Waals surface area contributed by atoms with Gasteiger partial charge in [-0.25, -0.2) is 4.98 Å². The molecule has 0 bridgehead atoms. The lowest BCUT2D eigenvalue weighted by molar-refractivity contribution is 0.526. The molecule has 0 aliphatic heterocycles. The fourth-order valence-electron chi connectivity index (χ4n) is 2.59. The normalized spacial score (nSPS) is 17.9. The van der Waals surface area contributed by atoms with E-state index in [2.05, 4.69) is 46.9 Å². The SMILES string of the molecule is CCc1nc(CNC2CCc3ccccc32)cs1. The van der Waals surface area contributed by atoms with E-state index >= 15 is 0 Å². The Morgan fingerprint density at radius 1 is 1.39 bits per heavy atom. The minimum Gasteiger partial charge on any atom is -0.304 e. The molecule has 1 N–H and O–H groups in total. The van der Waals surface area contributed by atoms with Crippen LogP contribution in [0.3, 0.4) is 0 Å². The molecule has 3 heteroatoms. The number of rotatable bonds is 4. The lowest BCUT2D eigenvalue weighted by Crippen LogP contribution is -2.18. The second kappa shape index (κ2) is 5.21.